The molecule has 0 saturated heterocycles. The fraction of sp³-hybridized carbons (Fsp3) is 0. The molecule has 0 amide bonds. The zero-order valence-electron chi connectivity index (χ0n) is 1.97. The molecule has 0 rings (SSSR count). The number of halogens is 3. The van der Waals surface area contributed by atoms with Gasteiger partial charge in [-0.3, -0.25) is 0 Å². The molecule has 0 bridgehead atoms. The molecule has 0 aromatic carbocycles. The molecule has 0 unspecified atom stereocenters. The van der Waals surface area contributed by atoms with Crippen LogP contribution in [0.5, 0.6) is 0 Å². The smallest absolute Gasteiger partial charge is 0.154 e. The third-order valence-electron chi connectivity index (χ3n) is 0. The van der Waals surface area contributed by atoms with Gasteiger partial charge in [0.2, 0.25) is 0 Å². The minimum atomic E-state index is -3.08. The van der Waals surface area contributed by atoms with Crippen LogP contribution >= 0.6 is 0 Å². The fourth-order valence-electron chi connectivity index (χ4n) is 0. The molecule has 5 heavy (non-hydrogen) atoms. The van der Waals surface area contributed by atoms with Crippen molar-refractivity contribution in [1.82, 2.24) is 0 Å². The Bertz CT molecular complexity index is 11.6. The topological polar surface area (TPSA) is 0 Å². The predicted octanol–water partition coefficient (Wildman–Crippen LogP) is 1.34. The third kappa shape index (κ3) is 150. The number of hydrogen-bond acceptors (Lipinski definition) is 0. The fourth-order valence-corrected chi connectivity index (χ4v) is 0. The molecule has 1 radical (unpaired) electrons. The van der Waals surface area contributed by atoms with E-state index in [1.807, 2.05) is 0 Å². The summed E-state index contributed by atoms with van der Waals surface area (Å²) in [5.41, 5.74) is 0. The second-order valence-corrected chi connectivity index (χ2v) is 0.214. The summed E-state index contributed by atoms with van der Waals surface area (Å²) < 4.78 is 28.8. The molecule has 0 spiro atoms. The first-order valence-corrected chi connectivity index (χ1v) is 0.567. The minimum Gasteiger partial charge on any atom is -0.385 e. The summed E-state index contributed by atoms with van der Waals surface area (Å²) >= 11 is 0. The van der Waals surface area contributed by atoms with E-state index in [4.69, 9.17) is 0 Å². The van der Waals surface area contributed by atoms with Gasteiger partial charge in [-0.1, -0.05) is 0 Å². The van der Waals surface area contributed by atoms with Crippen molar-refractivity contribution in [2.75, 3.05) is 0 Å². The maximum Gasteiger partial charge on any atom is 0.154 e. The van der Waals surface area contributed by atoms with Gasteiger partial charge in [0.15, 0.2) is 6.68 Å². The molecule has 0 aromatic heterocycles. The average Bonchev–Trinajstić information content (AvgIpc) is 0.811. The van der Waals surface area contributed by atoms with Gasteiger partial charge in [0, 0.05) is 19.5 Å². The van der Waals surface area contributed by atoms with Gasteiger partial charge in [-0.15, -0.1) is 0 Å². The summed E-state index contributed by atoms with van der Waals surface area (Å²) in [6.45, 7) is -3.08. The Balaban J connectivity index is 0. The van der Waals surface area contributed by atoms with E-state index in [0.717, 1.165) is 0 Å². The Morgan fingerprint density at radius 2 is 1.00 bits per heavy atom. The van der Waals surface area contributed by atoms with Crippen LogP contribution in [-0.4, -0.2) is 0 Å². The van der Waals surface area contributed by atoms with Crippen molar-refractivity contribution in [3.63, 3.8) is 0 Å². The van der Waals surface area contributed by atoms with Crippen molar-refractivity contribution in [3.8, 4) is 0 Å². The minimum absolute atomic E-state index is 0. The predicted molar refractivity (Wildman–Crippen MR) is 6.57 cm³/mol. The van der Waals surface area contributed by atoms with Gasteiger partial charge in [-0.25, -0.2) is 0 Å². The Kier molecular flexibility index (Phi) is 7.99. The van der Waals surface area contributed by atoms with E-state index < -0.39 is 6.68 Å². The van der Waals surface area contributed by atoms with E-state index in [9.17, 15) is 13.2 Å². The standard InChI is InChI=1S/CF3.Rh/c2-1(3)4;/q-1;. The van der Waals surface area contributed by atoms with Crippen molar-refractivity contribution in [2.45, 2.75) is 0 Å². The molecule has 0 aliphatic rings. The molecule has 0 fully saturated rings. The molecular weight excluding hydrogens is 172 g/mol. The molecule has 0 aliphatic carbocycles. The second kappa shape index (κ2) is 4.41. The van der Waals surface area contributed by atoms with Crippen molar-refractivity contribution in [2.24, 2.45) is 0 Å². The van der Waals surface area contributed by atoms with Crippen molar-refractivity contribution in [3.05, 3.63) is 6.68 Å². The second-order valence-electron chi connectivity index (χ2n) is 0.214. The van der Waals surface area contributed by atoms with E-state index in [1.165, 1.54) is 0 Å². The van der Waals surface area contributed by atoms with Gasteiger partial charge < -0.3 is 13.2 Å². The molecular formula is CF3Rh-. The Morgan fingerprint density at radius 1 is 1.00 bits per heavy atom. The van der Waals surface area contributed by atoms with Gasteiger partial charge in [-0.2, -0.15) is 0 Å². The van der Waals surface area contributed by atoms with Crippen LogP contribution in [0.2, 0.25) is 0 Å². The Morgan fingerprint density at radius 3 is 1.00 bits per heavy atom. The van der Waals surface area contributed by atoms with Gasteiger partial charge in [-0.05, 0) is 0 Å². The zero-order chi connectivity index (χ0) is 3.58. The van der Waals surface area contributed by atoms with Crippen LogP contribution in [0.1, 0.15) is 0 Å². The maximum atomic E-state index is 9.58. The maximum absolute atomic E-state index is 9.58. The molecule has 4 heteroatoms. The van der Waals surface area contributed by atoms with Gasteiger partial charge in [0.25, 0.3) is 0 Å². The molecule has 0 aromatic rings. The average molecular weight is 172 g/mol. The SMILES string of the molecule is F[C-](F)F.[Rh]. The molecule has 0 nitrogen and oxygen atoms in total. The van der Waals surface area contributed by atoms with Crippen molar-refractivity contribution < 1.29 is 32.6 Å². The van der Waals surface area contributed by atoms with Crippen molar-refractivity contribution >= 4 is 0 Å². The van der Waals surface area contributed by atoms with E-state index in [2.05, 4.69) is 0 Å². The Labute approximate surface area is 40.1 Å². The Hall–Kier alpha value is 0.413. The monoisotopic (exact) mass is 172 g/mol. The summed E-state index contributed by atoms with van der Waals surface area (Å²) in [5, 5.41) is 0. The number of rotatable bonds is 0. The quantitative estimate of drug-likeness (QED) is 0.382. The van der Waals surface area contributed by atoms with E-state index in [-0.39, 0.29) is 19.5 Å². The first kappa shape index (κ1) is 9.05. The molecule has 0 atom stereocenters. The van der Waals surface area contributed by atoms with Gasteiger partial charge in [0.05, 0.1) is 0 Å². The first-order chi connectivity index (χ1) is 1.73. The first-order valence-electron chi connectivity index (χ1n) is 0.567. The van der Waals surface area contributed by atoms with E-state index in [0.29, 0.717) is 0 Å². The third-order valence-corrected chi connectivity index (χ3v) is 0. The summed E-state index contributed by atoms with van der Waals surface area (Å²) in [6.07, 6.45) is 0. The molecule has 35 valence electrons. The summed E-state index contributed by atoms with van der Waals surface area (Å²) in [5.74, 6) is 0. The van der Waals surface area contributed by atoms with Crippen LogP contribution in [0, 0.1) is 6.68 Å². The van der Waals surface area contributed by atoms with Crippen LogP contribution < -0.4 is 0 Å². The van der Waals surface area contributed by atoms with E-state index >= 15 is 0 Å². The van der Waals surface area contributed by atoms with Crippen LogP contribution in [0.3, 0.4) is 0 Å². The largest absolute Gasteiger partial charge is 0.385 e. The summed E-state index contributed by atoms with van der Waals surface area (Å²) in [7, 11) is 0. The van der Waals surface area contributed by atoms with Crippen LogP contribution in [-0.2, 0) is 19.5 Å². The van der Waals surface area contributed by atoms with Gasteiger partial charge >= 0.3 is 0 Å². The van der Waals surface area contributed by atoms with Crippen LogP contribution in [0.25, 0.3) is 0 Å². The molecule has 0 aliphatic heterocycles. The molecule has 0 heterocycles. The van der Waals surface area contributed by atoms with Crippen molar-refractivity contribution in [1.29, 1.82) is 0 Å². The van der Waals surface area contributed by atoms with Crippen LogP contribution in [0.15, 0.2) is 0 Å². The summed E-state index contributed by atoms with van der Waals surface area (Å²) in [6, 6.07) is 0. The number of hydrogen-bond donors (Lipinski definition) is 0. The van der Waals surface area contributed by atoms with Crippen LogP contribution in [0.4, 0.5) is 13.2 Å². The zero-order valence-corrected chi connectivity index (χ0v) is 3.61. The molecule has 0 N–H and O–H groups in total. The van der Waals surface area contributed by atoms with E-state index in [1.54, 1.807) is 0 Å². The van der Waals surface area contributed by atoms with Gasteiger partial charge in [0.1, 0.15) is 0 Å². The summed E-state index contributed by atoms with van der Waals surface area (Å²) in [4.78, 5) is 0. The molecule has 0 saturated carbocycles. The normalized spacial score (nSPS) is 7.20.